The maximum atomic E-state index is 5.48. The molecular weight excluding hydrogens is 196 g/mol. The lowest BCUT2D eigenvalue weighted by Crippen LogP contribution is -2.33. The fourth-order valence-corrected chi connectivity index (χ4v) is 1.39. The number of rotatable bonds is 4. The normalized spacial score (nSPS) is 12.1. The monoisotopic (exact) mass is 210 g/mol. The molecule has 0 amide bonds. The van der Waals surface area contributed by atoms with Gasteiger partial charge in [0.1, 0.15) is 12.1 Å². The van der Waals surface area contributed by atoms with Gasteiger partial charge >= 0.3 is 0 Å². The first-order valence-electron chi connectivity index (χ1n) is 4.38. The predicted octanol–water partition coefficient (Wildman–Crippen LogP) is 0.977. The molecule has 0 saturated carbocycles. The highest BCUT2D eigenvalue weighted by molar-refractivity contribution is 7.80. The Balaban J connectivity index is 2.65. The van der Waals surface area contributed by atoms with Gasteiger partial charge in [-0.05, 0) is 13.0 Å². The highest BCUT2D eigenvalue weighted by Crippen LogP contribution is 2.11. The second-order valence-electron chi connectivity index (χ2n) is 3.20. The Hall–Kier alpha value is -1.23. The van der Waals surface area contributed by atoms with E-state index in [1.807, 2.05) is 18.0 Å². The van der Waals surface area contributed by atoms with Gasteiger partial charge in [-0.25, -0.2) is 9.97 Å². The van der Waals surface area contributed by atoms with Gasteiger partial charge in [0.05, 0.1) is 4.99 Å². The predicted molar refractivity (Wildman–Crippen MR) is 61.3 cm³/mol. The van der Waals surface area contributed by atoms with Crippen molar-refractivity contribution in [2.75, 3.05) is 11.9 Å². The molecule has 0 saturated heterocycles. The van der Waals surface area contributed by atoms with Crippen LogP contribution >= 0.6 is 12.2 Å². The molecule has 4 nitrogen and oxygen atoms in total. The van der Waals surface area contributed by atoms with Crippen molar-refractivity contribution in [2.45, 2.75) is 19.4 Å². The first kappa shape index (κ1) is 10.8. The molecular formula is C9H14N4S. The van der Waals surface area contributed by atoms with Gasteiger partial charge in [0, 0.05) is 25.7 Å². The minimum atomic E-state index is 0.252. The van der Waals surface area contributed by atoms with Gasteiger partial charge in [-0.15, -0.1) is 0 Å². The molecule has 1 aromatic rings. The van der Waals surface area contributed by atoms with Gasteiger partial charge in [0.25, 0.3) is 0 Å². The lowest BCUT2D eigenvalue weighted by molar-refractivity contribution is 0.704. The van der Waals surface area contributed by atoms with Crippen LogP contribution < -0.4 is 10.6 Å². The van der Waals surface area contributed by atoms with E-state index in [0.29, 0.717) is 11.4 Å². The van der Waals surface area contributed by atoms with E-state index in [1.54, 1.807) is 6.20 Å². The number of aromatic nitrogens is 2. The summed E-state index contributed by atoms with van der Waals surface area (Å²) in [4.78, 5) is 10.6. The molecule has 0 aliphatic carbocycles. The van der Waals surface area contributed by atoms with Crippen LogP contribution in [-0.4, -0.2) is 28.0 Å². The van der Waals surface area contributed by atoms with Gasteiger partial charge in [0.15, 0.2) is 0 Å². The fourth-order valence-electron chi connectivity index (χ4n) is 1.15. The zero-order valence-electron chi connectivity index (χ0n) is 8.34. The minimum Gasteiger partial charge on any atom is -0.393 e. The molecule has 0 spiro atoms. The van der Waals surface area contributed by atoms with Gasteiger partial charge < -0.3 is 10.6 Å². The zero-order valence-corrected chi connectivity index (χ0v) is 9.16. The van der Waals surface area contributed by atoms with Gasteiger partial charge in [0.2, 0.25) is 0 Å². The topological polar surface area (TPSA) is 55.0 Å². The molecule has 2 N–H and O–H groups in total. The maximum absolute atomic E-state index is 5.48. The molecule has 1 rings (SSSR count). The van der Waals surface area contributed by atoms with Crippen molar-refractivity contribution in [3.63, 3.8) is 0 Å². The summed E-state index contributed by atoms with van der Waals surface area (Å²) in [7, 11) is 1.96. The van der Waals surface area contributed by atoms with E-state index in [1.165, 1.54) is 6.33 Å². The second kappa shape index (κ2) is 4.85. The molecule has 1 heterocycles. The molecule has 1 unspecified atom stereocenters. The van der Waals surface area contributed by atoms with E-state index >= 15 is 0 Å². The van der Waals surface area contributed by atoms with Crippen LogP contribution in [0.5, 0.6) is 0 Å². The average Bonchev–Trinajstić information content (AvgIpc) is 2.17. The Morgan fingerprint density at radius 3 is 2.93 bits per heavy atom. The third-order valence-electron chi connectivity index (χ3n) is 2.09. The number of nitrogens with zero attached hydrogens (tertiary/aromatic N) is 3. The Morgan fingerprint density at radius 2 is 2.43 bits per heavy atom. The van der Waals surface area contributed by atoms with E-state index in [0.717, 1.165) is 5.82 Å². The Morgan fingerprint density at radius 1 is 1.71 bits per heavy atom. The maximum Gasteiger partial charge on any atom is 0.131 e. The zero-order chi connectivity index (χ0) is 10.6. The van der Waals surface area contributed by atoms with Crippen LogP contribution in [0.3, 0.4) is 0 Å². The largest absolute Gasteiger partial charge is 0.393 e. The molecule has 0 bridgehead atoms. The van der Waals surface area contributed by atoms with E-state index < -0.39 is 0 Å². The van der Waals surface area contributed by atoms with E-state index in [2.05, 4.69) is 16.9 Å². The van der Waals surface area contributed by atoms with Crippen molar-refractivity contribution < 1.29 is 0 Å². The molecule has 0 aliphatic rings. The van der Waals surface area contributed by atoms with Crippen molar-refractivity contribution in [1.29, 1.82) is 0 Å². The molecule has 76 valence electrons. The summed E-state index contributed by atoms with van der Waals surface area (Å²) in [6, 6.07) is 2.11. The Labute approximate surface area is 89.2 Å². The Bertz CT molecular complexity index is 301. The molecule has 0 fully saturated rings. The van der Waals surface area contributed by atoms with Crippen LogP contribution in [0.15, 0.2) is 18.6 Å². The fraction of sp³-hybridized carbons (Fsp3) is 0.444. The summed E-state index contributed by atoms with van der Waals surface area (Å²) in [5, 5.41) is 0. The highest BCUT2D eigenvalue weighted by atomic mass is 32.1. The average molecular weight is 210 g/mol. The van der Waals surface area contributed by atoms with E-state index in [9.17, 15) is 0 Å². The van der Waals surface area contributed by atoms with Crippen molar-refractivity contribution in [3.8, 4) is 0 Å². The number of nitrogens with two attached hydrogens (primary N) is 1. The molecule has 1 aromatic heterocycles. The number of hydrogen-bond donors (Lipinski definition) is 1. The second-order valence-corrected chi connectivity index (χ2v) is 3.72. The first-order valence-corrected chi connectivity index (χ1v) is 4.79. The SMILES string of the molecule is CC(CC(N)=S)N(C)c1ccncn1. The quantitative estimate of drug-likeness (QED) is 0.751. The van der Waals surface area contributed by atoms with Crippen LogP contribution in [0.1, 0.15) is 13.3 Å². The molecule has 0 aliphatic heterocycles. The first-order chi connectivity index (χ1) is 6.61. The molecule has 0 aromatic carbocycles. The molecule has 14 heavy (non-hydrogen) atoms. The van der Waals surface area contributed by atoms with Gasteiger partial charge in [-0.2, -0.15) is 0 Å². The summed E-state index contributed by atoms with van der Waals surface area (Å²) in [5.41, 5.74) is 5.48. The van der Waals surface area contributed by atoms with Crippen molar-refractivity contribution in [3.05, 3.63) is 18.6 Å². The Kier molecular flexibility index (Phi) is 3.76. The van der Waals surface area contributed by atoms with E-state index in [4.69, 9.17) is 18.0 Å². The highest BCUT2D eigenvalue weighted by Gasteiger charge is 2.11. The van der Waals surface area contributed by atoms with Gasteiger partial charge in [-0.1, -0.05) is 12.2 Å². The third kappa shape index (κ3) is 2.92. The van der Waals surface area contributed by atoms with Crippen LogP contribution in [0.4, 0.5) is 5.82 Å². The van der Waals surface area contributed by atoms with Gasteiger partial charge in [-0.3, -0.25) is 0 Å². The van der Waals surface area contributed by atoms with Crippen molar-refractivity contribution in [2.24, 2.45) is 5.73 Å². The van der Waals surface area contributed by atoms with Crippen LogP contribution in [0, 0.1) is 0 Å². The van der Waals surface area contributed by atoms with Crippen LogP contribution in [-0.2, 0) is 0 Å². The van der Waals surface area contributed by atoms with Crippen molar-refractivity contribution >= 4 is 23.0 Å². The summed E-state index contributed by atoms with van der Waals surface area (Å²) < 4.78 is 0. The van der Waals surface area contributed by atoms with Crippen molar-refractivity contribution in [1.82, 2.24) is 9.97 Å². The third-order valence-corrected chi connectivity index (χ3v) is 2.25. The van der Waals surface area contributed by atoms with Crippen LogP contribution in [0.25, 0.3) is 0 Å². The molecule has 0 radical (unpaired) electrons. The van der Waals surface area contributed by atoms with Crippen LogP contribution in [0.2, 0.25) is 0 Å². The van der Waals surface area contributed by atoms with E-state index in [-0.39, 0.29) is 6.04 Å². The molecule has 5 heteroatoms. The molecule has 1 atom stereocenters. The summed E-state index contributed by atoms with van der Waals surface area (Å²) in [6.07, 6.45) is 3.93. The summed E-state index contributed by atoms with van der Waals surface area (Å²) in [6.45, 7) is 2.06. The minimum absolute atomic E-state index is 0.252. The lowest BCUT2D eigenvalue weighted by Gasteiger charge is -2.25. The standard InChI is InChI=1S/C9H14N4S/c1-7(5-8(10)14)13(2)9-3-4-11-6-12-9/h3-4,6-7H,5H2,1-2H3,(H2,10,14). The lowest BCUT2D eigenvalue weighted by atomic mass is 10.2. The summed E-state index contributed by atoms with van der Waals surface area (Å²) >= 11 is 4.86. The number of anilines is 1. The summed E-state index contributed by atoms with van der Waals surface area (Å²) in [5.74, 6) is 0.878. The number of hydrogen-bond acceptors (Lipinski definition) is 4. The number of thiocarbonyl (C=S) groups is 1. The smallest absolute Gasteiger partial charge is 0.131 e.